The first-order chi connectivity index (χ1) is 9.99. The Labute approximate surface area is 126 Å². The van der Waals surface area contributed by atoms with Crippen LogP contribution < -0.4 is 0 Å². The summed E-state index contributed by atoms with van der Waals surface area (Å²) >= 11 is 4.00. The topological polar surface area (TPSA) is 80.8 Å². The average Bonchev–Trinajstić information content (AvgIpc) is 2.79. The van der Waals surface area contributed by atoms with Crippen molar-refractivity contribution in [1.82, 2.24) is 5.06 Å². The van der Waals surface area contributed by atoms with Gasteiger partial charge in [-0.25, -0.2) is 4.79 Å². The van der Waals surface area contributed by atoms with E-state index in [0.29, 0.717) is 10.6 Å². The van der Waals surface area contributed by atoms with Crippen LogP contribution in [0.25, 0.3) is 0 Å². The number of benzene rings is 1. The molecule has 0 radical (unpaired) electrons. The van der Waals surface area contributed by atoms with Crippen molar-refractivity contribution < 1.29 is 24.0 Å². The highest BCUT2D eigenvalue weighted by molar-refractivity contribution is 7.81. The summed E-state index contributed by atoms with van der Waals surface area (Å²) in [4.78, 5) is 51.0. The number of ketones is 1. The molecule has 1 unspecified atom stereocenters. The number of amides is 2. The Balaban J connectivity index is 1.92. The summed E-state index contributed by atoms with van der Waals surface area (Å²) in [7, 11) is 0. The third-order valence-corrected chi connectivity index (χ3v) is 3.33. The summed E-state index contributed by atoms with van der Waals surface area (Å²) in [6.07, 6.45) is -0.138. The van der Waals surface area contributed by atoms with E-state index in [4.69, 9.17) is 4.84 Å². The first kappa shape index (κ1) is 15.2. The summed E-state index contributed by atoms with van der Waals surface area (Å²) in [6, 6.07) is 8.44. The van der Waals surface area contributed by atoms with Crippen LogP contribution in [0.15, 0.2) is 30.3 Å². The molecule has 21 heavy (non-hydrogen) atoms. The number of hydrogen-bond acceptors (Lipinski definition) is 6. The van der Waals surface area contributed by atoms with E-state index < -0.39 is 23.0 Å². The Hall–Kier alpha value is -2.15. The van der Waals surface area contributed by atoms with E-state index in [-0.39, 0.29) is 25.0 Å². The Morgan fingerprint density at radius 1 is 1.14 bits per heavy atom. The summed E-state index contributed by atoms with van der Waals surface area (Å²) < 4.78 is 0. The van der Waals surface area contributed by atoms with Crippen LogP contribution in [-0.4, -0.2) is 33.9 Å². The smallest absolute Gasteiger partial charge is 0.329 e. The zero-order chi connectivity index (χ0) is 15.4. The van der Waals surface area contributed by atoms with Crippen LogP contribution in [0.2, 0.25) is 0 Å². The zero-order valence-electron chi connectivity index (χ0n) is 11.0. The standard InChI is InChI=1S/C14H13NO5S/c16-10(9-4-2-1-3-5-9)8-11(21)14(19)20-15-12(17)6-7-13(15)18/h1-5,11,21H,6-8H2. The van der Waals surface area contributed by atoms with Crippen molar-refractivity contribution in [3.63, 3.8) is 0 Å². The van der Waals surface area contributed by atoms with E-state index in [9.17, 15) is 19.2 Å². The lowest BCUT2D eigenvalue weighted by molar-refractivity contribution is -0.196. The first-order valence-corrected chi connectivity index (χ1v) is 6.84. The van der Waals surface area contributed by atoms with E-state index in [1.807, 2.05) is 0 Å². The van der Waals surface area contributed by atoms with Crippen molar-refractivity contribution >= 4 is 36.2 Å². The highest BCUT2D eigenvalue weighted by Gasteiger charge is 2.34. The highest BCUT2D eigenvalue weighted by Crippen LogP contribution is 2.16. The molecular weight excluding hydrogens is 294 g/mol. The molecule has 2 rings (SSSR count). The Morgan fingerprint density at radius 3 is 2.29 bits per heavy atom. The fraction of sp³-hybridized carbons (Fsp3) is 0.286. The molecule has 1 heterocycles. The van der Waals surface area contributed by atoms with E-state index in [1.54, 1.807) is 30.3 Å². The third kappa shape index (κ3) is 3.69. The molecule has 1 fully saturated rings. The molecule has 1 aliphatic rings. The zero-order valence-corrected chi connectivity index (χ0v) is 11.9. The van der Waals surface area contributed by atoms with Gasteiger partial charge in [-0.15, -0.1) is 5.06 Å². The van der Waals surface area contributed by atoms with Crippen LogP contribution in [0.5, 0.6) is 0 Å². The molecule has 0 N–H and O–H groups in total. The second-order valence-electron chi connectivity index (χ2n) is 4.50. The molecule has 110 valence electrons. The van der Waals surface area contributed by atoms with Crippen LogP contribution >= 0.6 is 12.6 Å². The van der Waals surface area contributed by atoms with Gasteiger partial charge in [-0.05, 0) is 0 Å². The molecule has 0 aromatic heterocycles. The van der Waals surface area contributed by atoms with Gasteiger partial charge in [0.2, 0.25) is 0 Å². The Kier molecular flexibility index (Phi) is 4.74. The molecule has 0 spiro atoms. The quantitative estimate of drug-likeness (QED) is 0.502. The molecule has 1 aliphatic heterocycles. The Bertz CT molecular complexity index is 570. The van der Waals surface area contributed by atoms with E-state index in [0.717, 1.165) is 0 Å². The number of Topliss-reactive ketones (excluding diaryl/α,β-unsaturated/α-hetero) is 1. The Morgan fingerprint density at radius 2 is 1.71 bits per heavy atom. The lowest BCUT2D eigenvalue weighted by atomic mass is 10.1. The number of carbonyl (C=O) groups excluding carboxylic acids is 4. The summed E-state index contributed by atoms with van der Waals surface area (Å²) in [6.45, 7) is 0. The molecule has 1 saturated heterocycles. The van der Waals surface area contributed by atoms with Gasteiger partial charge in [0.05, 0.1) is 0 Å². The van der Waals surface area contributed by atoms with Gasteiger partial charge in [0.1, 0.15) is 5.25 Å². The minimum Gasteiger partial charge on any atom is -0.329 e. The van der Waals surface area contributed by atoms with Crippen LogP contribution in [0.1, 0.15) is 29.6 Å². The minimum atomic E-state index is -1.04. The normalized spacial score (nSPS) is 16.0. The van der Waals surface area contributed by atoms with Gasteiger partial charge in [-0.3, -0.25) is 14.4 Å². The molecule has 6 nitrogen and oxygen atoms in total. The summed E-state index contributed by atoms with van der Waals surface area (Å²) in [5, 5.41) is -0.600. The lowest BCUT2D eigenvalue weighted by Gasteiger charge is -2.15. The number of nitrogens with zero attached hydrogens (tertiary/aromatic N) is 1. The number of hydrogen-bond donors (Lipinski definition) is 1. The van der Waals surface area contributed by atoms with Gasteiger partial charge in [-0.1, -0.05) is 30.3 Å². The third-order valence-electron chi connectivity index (χ3n) is 2.93. The van der Waals surface area contributed by atoms with E-state index in [2.05, 4.69) is 12.6 Å². The highest BCUT2D eigenvalue weighted by atomic mass is 32.1. The molecule has 0 saturated carbocycles. The maximum Gasteiger partial charge on any atom is 0.346 e. The van der Waals surface area contributed by atoms with E-state index >= 15 is 0 Å². The molecule has 0 aliphatic carbocycles. The second-order valence-corrected chi connectivity index (χ2v) is 5.12. The maximum absolute atomic E-state index is 11.9. The molecule has 1 aromatic rings. The van der Waals surface area contributed by atoms with Crippen molar-refractivity contribution in [1.29, 1.82) is 0 Å². The number of carbonyl (C=O) groups is 4. The van der Waals surface area contributed by atoms with Gasteiger partial charge in [0, 0.05) is 24.8 Å². The van der Waals surface area contributed by atoms with Crippen LogP contribution in [0, 0.1) is 0 Å². The van der Waals surface area contributed by atoms with Crippen molar-refractivity contribution in [3.05, 3.63) is 35.9 Å². The number of rotatable bonds is 5. The predicted molar refractivity (Wildman–Crippen MR) is 75.3 cm³/mol. The fourth-order valence-corrected chi connectivity index (χ4v) is 2.02. The second kappa shape index (κ2) is 6.53. The van der Waals surface area contributed by atoms with Crippen molar-refractivity contribution in [3.8, 4) is 0 Å². The van der Waals surface area contributed by atoms with Crippen LogP contribution in [-0.2, 0) is 19.2 Å². The van der Waals surface area contributed by atoms with E-state index in [1.165, 1.54) is 0 Å². The van der Waals surface area contributed by atoms with Gasteiger partial charge >= 0.3 is 5.97 Å². The number of imide groups is 1. The molecule has 2 amide bonds. The number of hydroxylamine groups is 2. The van der Waals surface area contributed by atoms with Crippen molar-refractivity contribution in [2.45, 2.75) is 24.5 Å². The van der Waals surface area contributed by atoms with Crippen molar-refractivity contribution in [2.75, 3.05) is 0 Å². The first-order valence-electron chi connectivity index (χ1n) is 6.33. The fourth-order valence-electron chi connectivity index (χ4n) is 1.81. The molecule has 0 bridgehead atoms. The van der Waals surface area contributed by atoms with Crippen LogP contribution in [0.3, 0.4) is 0 Å². The molecule has 1 atom stereocenters. The monoisotopic (exact) mass is 307 g/mol. The van der Waals surface area contributed by atoms with Gasteiger partial charge in [0.25, 0.3) is 11.8 Å². The van der Waals surface area contributed by atoms with Gasteiger partial charge in [0.15, 0.2) is 5.78 Å². The predicted octanol–water partition coefficient (Wildman–Crippen LogP) is 1.17. The average molecular weight is 307 g/mol. The molecule has 7 heteroatoms. The lowest BCUT2D eigenvalue weighted by Crippen LogP contribution is -2.35. The van der Waals surface area contributed by atoms with Crippen molar-refractivity contribution in [2.24, 2.45) is 0 Å². The largest absolute Gasteiger partial charge is 0.346 e. The molecule has 1 aromatic carbocycles. The maximum atomic E-state index is 11.9. The minimum absolute atomic E-state index is 0.0201. The van der Waals surface area contributed by atoms with Gasteiger partial charge in [-0.2, -0.15) is 12.6 Å². The summed E-state index contributed by atoms with van der Waals surface area (Å²) in [5.41, 5.74) is 0.456. The molecular formula is C14H13NO5S. The van der Waals surface area contributed by atoms with Crippen LogP contribution in [0.4, 0.5) is 0 Å². The van der Waals surface area contributed by atoms with Gasteiger partial charge < -0.3 is 4.84 Å². The SMILES string of the molecule is O=C(CC(S)C(=O)ON1C(=O)CCC1=O)c1ccccc1. The number of thiol groups is 1. The summed E-state index contributed by atoms with van der Waals surface area (Å²) in [5.74, 6) is -2.30.